The number of nitrogens with zero attached hydrogens (tertiary/aromatic N) is 2. The molecule has 2 aromatic heterocycles. The third kappa shape index (κ3) is 1.50. The molecule has 0 saturated carbocycles. The summed E-state index contributed by atoms with van der Waals surface area (Å²) in [6.07, 6.45) is 2.23. The Hall–Kier alpha value is -2.88. The van der Waals surface area contributed by atoms with E-state index in [2.05, 4.69) is 0 Å². The van der Waals surface area contributed by atoms with Gasteiger partial charge in [-0.2, -0.15) is 0 Å². The van der Waals surface area contributed by atoms with Gasteiger partial charge in [0.1, 0.15) is 0 Å². The van der Waals surface area contributed by atoms with Crippen LogP contribution in [0.5, 0.6) is 0 Å². The molecule has 0 aliphatic heterocycles. The molecule has 5 rings (SSSR count). The molecule has 1 aliphatic rings. The minimum Gasteiger partial charge on any atom is -0.294 e. The fourth-order valence-corrected chi connectivity index (χ4v) is 3.85. The van der Waals surface area contributed by atoms with Gasteiger partial charge < -0.3 is 0 Å². The van der Waals surface area contributed by atoms with E-state index in [9.17, 15) is 9.59 Å². The van der Waals surface area contributed by atoms with Gasteiger partial charge in [0, 0.05) is 17.4 Å². The second-order valence-corrected chi connectivity index (χ2v) is 6.06. The number of benzene rings is 2. The summed E-state index contributed by atoms with van der Waals surface area (Å²) in [6, 6.07) is 15.3. The van der Waals surface area contributed by atoms with Gasteiger partial charge in [-0.1, -0.05) is 30.3 Å². The van der Waals surface area contributed by atoms with E-state index in [1.165, 1.54) is 0 Å². The molecule has 4 heteroatoms. The summed E-state index contributed by atoms with van der Waals surface area (Å²) in [5.41, 5.74) is 3.38. The highest BCUT2D eigenvalue weighted by atomic mass is 16.1. The SMILES string of the molecule is O=C1CCCc2c1c1ccccc1n1c(=O)c3ccccc3n21. The molecule has 0 spiro atoms. The summed E-state index contributed by atoms with van der Waals surface area (Å²) in [5, 5.41) is 1.57. The maximum absolute atomic E-state index is 12.9. The molecular formula is C19H14N2O2. The topological polar surface area (TPSA) is 43.0 Å². The van der Waals surface area contributed by atoms with E-state index in [0.29, 0.717) is 11.8 Å². The van der Waals surface area contributed by atoms with Crippen molar-refractivity contribution >= 4 is 27.6 Å². The molecule has 0 fully saturated rings. The van der Waals surface area contributed by atoms with Gasteiger partial charge in [0.05, 0.1) is 22.1 Å². The van der Waals surface area contributed by atoms with Gasteiger partial charge in [-0.05, 0) is 31.0 Å². The average molecular weight is 302 g/mol. The number of carbonyl (C=O) groups excluding carboxylic acids is 1. The largest absolute Gasteiger partial charge is 0.294 e. The minimum absolute atomic E-state index is 0.0300. The van der Waals surface area contributed by atoms with Crippen molar-refractivity contribution < 1.29 is 4.79 Å². The lowest BCUT2D eigenvalue weighted by Crippen LogP contribution is -2.22. The van der Waals surface area contributed by atoms with E-state index >= 15 is 0 Å². The van der Waals surface area contributed by atoms with Crippen molar-refractivity contribution in [3.63, 3.8) is 0 Å². The van der Waals surface area contributed by atoms with Crippen LogP contribution >= 0.6 is 0 Å². The number of carbonyl (C=O) groups is 1. The quantitative estimate of drug-likeness (QED) is 0.500. The number of aromatic nitrogens is 2. The number of rotatable bonds is 0. The lowest BCUT2D eigenvalue weighted by atomic mass is 9.92. The molecule has 2 aromatic carbocycles. The zero-order valence-electron chi connectivity index (χ0n) is 12.5. The Labute approximate surface area is 131 Å². The van der Waals surface area contributed by atoms with Crippen molar-refractivity contribution in [2.45, 2.75) is 19.3 Å². The fraction of sp³-hybridized carbons (Fsp3) is 0.158. The van der Waals surface area contributed by atoms with Crippen LogP contribution in [0, 0.1) is 0 Å². The molecule has 112 valence electrons. The highest BCUT2D eigenvalue weighted by Crippen LogP contribution is 2.30. The van der Waals surface area contributed by atoms with Crippen LogP contribution in [0.15, 0.2) is 53.3 Å². The van der Waals surface area contributed by atoms with Crippen molar-refractivity contribution in [2.24, 2.45) is 0 Å². The zero-order valence-corrected chi connectivity index (χ0v) is 12.5. The van der Waals surface area contributed by atoms with Crippen LogP contribution in [0.3, 0.4) is 0 Å². The van der Waals surface area contributed by atoms with Crippen LogP contribution < -0.4 is 5.56 Å². The molecule has 0 amide bonds. The third-order valence-electron chi connectivity index (χ3n) is 4.80. The number of ketones is 1. The first-order valence-electron chi connectivity index (χ1n) is 7.86. The number of hydrogen-bond acceptors (Lipinski definition) is 2. The molecule has 23 heavy (non-hydrogen) atoms. The molecule has 4 nitrogen and oxygen atoms in total. The van der Waals surface area contributed by atoms with Crippen molar-refractivity contribution in [1.82, 2.24) is 9.03 Å². The van der Waals surface area contributed by atoms with E-state index in [1.807, 2.05) is 53.0 Å². The predicted octanol–water partition coefficient (Wildman–Crippen LogP) is 3.22. The van der Waals surface area contributed by atoms with Gasteiger partial charge in [0.2, 0.25) is 0 Å². The monoisotopic (exact) mass is 302 g/mol. The second-order valence-electron chi connectivity index (χ2n) is 6.06. The van der Waals surface area contributed by atoms with Crippen LogP contribution in [0.1, 0.15) is 28.9 Å². The van der Waals surface area contributed by atoms with Crippen molar-refractivity contribution in [2.75, 3.05) is 0 Å². The molecule has 0 N–H and O–H groups in total. The predicted molar refractivity (Wildman–Crippen MR) is 89.4 cm³/mol. The van der Waals surface area contributed by atoms with Crippen LogP contribution in [-0.4, -0.2) is 14.8 Å². The Morgan fingerprint density at radius 2 is 1.39 bits per heavy atom. The molecule has 4 aromatic rings. The standard InChI is InChI=1S/C19H14N2O2/c22-17-11-5-10-16-18(17)12-6-1-3-8-14(12)21-19(23)13-7-2-4-9-15(13)20(16)21/h1-4,6-9H,5,10-11H2. The third-order valence-corrected chi connectivity index (χ3v) is 4.80. The van der Waals surface area contributed by atoms with Gasteiger partial charge >= 0.3 is 0 Å². The summed E-state index contributed by atoms with van der Waals surface area (Å²) in [5.74, 6) is 0.176. The summed E-state index contributed by atoms with van der Waals surface area (Å²) < 4.78 is 3.67. The first-order valence-corrected chi connectivity index (χ1v) is 7.86. The fourth-order valence-electron chi connectivity index (χ4n) is 3.85. The van der Waals surface area contributed by atoms with Gasteiger partial charge in [-0.25, -0.2) is 9.03 Å². The van der Waals surface area contributed by atoms with Crippen LogP contribution in [0.2, 0.25) is 0 Å². The van der Waals surface area contributed by atoms with E-state index in [0.717, 1.165) is 40.5 Å². The first-order chi connectivity index (χ1) is 11.3. The Morgan fingerprint density at radius 3 is 2.17 bits per heavy atom. The number of hydrogen-bond donors (Lipinski definition) is 0. The number of para-hydroxylation sites is 2. The summed E-state index contributed by atoms with van der Waals surface area (Å²) in [4.78, 5) is 25.5. The highest BCUT2D eigenvalue weighted by Gasteiger charge is 2.25. The Bertz CT molecular complexity index is 1180. The molecular weight excluding hydrogens is 288 g/mol. The van der Waals surface area contributed by atoms with Crippen molar-refractivity contribution in [3.05, 3.63) is 70.1 Å². The average Bonchev–Trinajstić information content (AvgIpc) is 2.89. The van der Waals surface area contributed by atoms with E-state index in [4.69, 9.17) is 0 Å². The highest BCUT2D eigenvalue weighted by molar-refractivity contribution is 6.09. The van der Waals surface area contributed by atoms with E-state index in [-0.39, 0.29) is 11.3 Å². The van der Waals surface area contributed by atoms with Gasteiger partial charge in [0.15, 0.2) is 5.78 Å². The first kappa shape index (κ1) is 12.6. The molecule has 1 aliphatic carbocycles. The molecule has 0 radical (unpaired) electrons. The smallest absolute Gasteiger partial charge is 0.279 e. The lowest BCUT2D eigenvalue weighted by Gasteiger charge is -2.20. The van der Waals surface area contributed by atoms with Crippen LogP contribution in [0.4, 0.5) is 0 Å². The molecule has 2 heterocycles. The molecule has 0 bridgehead atoms. The van der Waals surface area contributed by atoms with Crippen molar-refractivity contribution in [3.8, 4) is 0 Å². The molecule has 0 saturated heterocycles. The number of Topliss-reactive ketones (excluding diaryl/α,β-unsaturated/α-hetero) is 1. The number of aryl methyl sites for hydroxylation is 1. The van der Waals surface area contributed by atoms with Gasteiger partial charge in [-0.15, -0.1) is 0 Å². The summed E-state index contributed by atoms with van der Waals surface area (Å²) in [6.45, 7) is 0. The maximum atomic E-state index is 12.9. The molecule has 0 atom stereocenters. The van der Waals surface area contributed by atoms with E-state index in [1.54, 1.807) is 4.52 Å². The van der Waals surface area contributed by atoms with Crippen LogP contribution in [0.25, 0.3) is 21.8 Å². The Balaban J connectivity index is 2.20. The Kier molecular flexibility index (Phi) is 2.37. The number of fused-ring (bicyclic) bond motifs is 8. The Morgan fingerprint density at radius 1 is 0.739 bits per heavy atom. The van der Waals surface area contributed by atoms with Crippen molar-refractivity contribution in [1.29, 1.82) is 0 Å². The minimum atomic E-state index is -0.0300. The summed E-state index contributed by atoms with van der Waals surface area (Å²) in [7, 11) is 0. The molecule has 0 unspecified atom stereocenters. The second kappa shape index (κ2) is 4.32. The maximum Gasteiger partial charge on any atom is 0.279 e. The lowest BCUT2D eigenvalue weighted by molar-refractivity contribution is 0.0972. The van der Waals surface area contributed by atoms with Gasteiger partial charge in [0.25, 0.3) is 5.56 Å². The summed E-state index contributed by atoms with van der Waals surface area (Å²) >= 11 is 0. The van der Waals surface area contributed by atoms with Crippen LogP contribution in [-0.2, 0) is 6.42 Å². The zero-order chi connectivity index (χ0) is 15.6. The van der Waals surface area contributed by atoms with E-state index < -0.39 is 0 Å². The van der Waals surface area contributed by atoms with Gasteiger partial charge in [-0.3, -0.25) is 9.59 Å². The normalized spacial score (nSPS) is 14.7.